The maximum atomic E-state index is 12.2. The average Bonchev–Trinajstić information content (AvgIpc) is 3.21. The first-order chi connectivity index (χ1) is 10.7. The van der Waals surface area contributed by atoms with Gasteiger partial charge >= 0.3 is 0 Å². The Morgan fingerprint density at radius 1 is 0.864 bits per heavy atom. The van der Waals surface area contributed by atoms with Crippen LogP contribution in [0, 0.1) is 0 Å². The molecular weight excluding hydrogens is 276 g/mol. The Hall–Kier alpha value is -1.68. The Balaban J connectivity index is 1.55. The van der Waals surface area contributed by atoms with E-state index >= 15 is 0 Å². The molecule has 2 aliphatic rings. The van der Waals surface area contributed by atoms with Gasteiger partial charge in [0.1, 0.15) is 0 Å². The summed E-state index contributed by atoms with van der Waals surface area (Å²) >= 11 is 0. The minimum atomic E-state index is 0.180. The third-order valence-electron chi connectivity index (χ3n) is 4.66. The number of carbonyl (C=O) groups excluding carboxylic acids is 2. The van der Waals surface area contributed by atoms with E-state index in [-0.39, 0.29) is 11.7 Å². The highest BCUT2D eigenvalue weighted by molar-refractivity contribution is 5.97. The zero-order valence-electron chi connectivity index (χ0n) is 13.1. The van der Waals surface area contributed by atoms with E-state index in [1.54, 1.807) is 0 Å². The van der Waals surface area contributed by atoms with E-state index in [1.165, 1.54) is 12.8 Å². The lowest BCUT2D eigenvalue weighted by molar-refractivity contribution is -0.129. The molecule has 2 saturated heterocycles. The second-order valence-electron chi connectivity index (χ2n) is 6.37. The Bertz CT molecular complexity index is 527. The predicted octanol–water partition coefficient (Wildman–Crippen LogP) is 2.13. The number of likely N-dealkylation sites (tertiary alicyclic amines) is 2. The van der Waals surface area contributed by atoms with E-state index in [4.69, 9.17) is 0 Å². The molecule has 2 heterocycles. The van der Waals surface area contributed by atoms with Gasteiger partial charge in [0.2, 0.25) is 5.91 Å². The highest BCUT2D eigenvalue weighted by Crippen LogP contribution is 2.13. The minimum Gasteiger partial charge on any atom is -0.342 e. The zero-order chi connectivity index (χ0) is 15.4. The Morgan fingerprint density at radius 2 is 1.45 bits per heavy atom. The second-order valence-corrected chi connectivity index (χ2v) is 6.37. The molecule has 22 heavy (non-hydrogen) atoms. The molecule has 0 unspecified atom stereocenters. The van der Waals surface area contributed by atoms with Gasteiger partial charge in [-0.3, -0.25) is 14.5 Å². The normalized spacial score (nSPS) is 18.8. The first-order valence-corrected chi connectivity index (χ1v) is 8.35. The smallest absolute Gasteiger partial charge is 0.226 e. The Morgan fingerprint density at radius 3 is 2.09 bits per heavy atom. The number of hydrogen-bond donors (Lipinski definition) is 0. The van der Waals surface area contributed by atoms with E-state index in [2.05, 4.69) is 4.90 Å². The van der Waals surface area contributed by atoms with Crippen molar-refractivity contribution in [2.75, 3.05) is 32.7 Å². The number of nitrogens with zero attached hydrogens (tertiary/aromatic N) is 2. The maximum Gasteiger partial charge on any atom is 0.226 e. The predicted molar refractivity (Wildman–Crippen MR) is 86.0 cm³/mol. The molecule has 0 spiro atoms. The molecule has 2 fully saturated rings. The van der Waals surface area contributed by atoms with E-state index < -0.39 is 0 Å². The minimum absolute atomic E-state index is 0.180. The summed E-state index contributed by atoms with van der Waals surface area (Å²) in [4.78, 5) is 28.5. The molecule has 0 radical (unpaired) electrons. The third kappa shape index (κ3) is 3.74. The van der Waals surface area contributed by atoms with Crippen LogP contribution >= 0.6 is 0 Å². The summed E-state index contributed by atoms with van der Waals surface area (Å²) < 4.78 is 0. The van der Waals surface area contributed by atoms with E-state index in [1.807, 2.05) is 29.2 Å². The molecule has 0 aliphatic carbocycles. The fourth-order valence-electron chi connectivity index (χ4n) is 3.30. The summed E-state index contributed by atoms with van der Waals surface area (Å²) in [5.74, 6) is 0.382. The molecule has 1 aromatic rings. The van der Waals surface area contributed by atoms with Crippen molar-refractivity contribution in [2.45, 2.75) is 32.1 Å². The van der Waals surface area contributed by atoms with Gasteiger partial charge in [-0.05, 0) is 44.3 Å². The van der Waals surface area contributed by atoms with Crippen LogP contribution < -0.4 is 0 Å². The summed E-state index contributed by atoms with van der Waals surface area (Å²) in [5, 5.41) is 0. The largest absolute Gasteiger partial charge is 0.342 e. The fourth-order valence-corrected chi connectivity index (χ4v) is 3.30. The molecule has 0 atom stereocenters. The molecule has 4 heteroatoms. The maximum absolute atomic E-state index is 12.2. The lowest BCUT2D eigenvalue weighted by Gasteiger charge is -2.15. The van der Waals surface area contributed by atoms with Gasteiger partial charge in [-0.15, -0.1) is 0 Å². The fraction of sp³-hybridized carbons (Fsp3) is 0.556. The van der Waals surface area contributed by atoms with E-state index in [0.29, 0.717) is 13.0 Å². The van der Waals surface area contributed by atoms with Crippen LogP contribution in [0.2, 0.25) is 0 Å². The molecule has 2 aliphatic heterocycles. The van der Waals surface area contributed by atoms with Gasteiger partial charge in [0.15, 0.2) is 5.78 Å². The Kier molecular flexibility index (Phi) is 4.88. The lowest BCUT2D eigenvalue weighted by atomic mass is 10.1. The van der Waals surface area contributed by atoms with Crippen LogP contribution in [0.1, 0.15) is 41.6 Å². The molecule has 0 bridgehead atoms. The van der Waals surface area contributed by atoms with Gasteiger partial charge in [-0.2, -0.15) is 0 Å². The van der Waals surface area contributed by atoms with E-state index in [0.717, 1.165) is 50.1 Å². The number of ketones is 1. The molecule has 0 aromatic heterocycles. The molecular formula is C18H24N2O2. The zero-order valence-corrected chi connectivity index (χ0v) is 13.1. The highest BCUT2D eigenvalue weighted by atomic mass is 16.2. The SMILES string of the molecule is O=C(CN1CCCC1)c1ccc(CC(=O)N2CCCC2)cc1. The van der Waals surface area contributed by atoms with Crippen molar-refractivity contribution in [3.05, 3.63) is 35.4 Å². The molecule has 0 saturated carbocycles. The number of hydrogen-bond acceptors (Lipinski definition) is 3. The molecule has 3 rings (SSSR count). The van der Waals surface area contributed by atoms with Crippen molar-refractivity contribution in [3.63, 3.8) is 0 Å². The van der Waals surface area contributed by atoms with Crippen LogP contribution in [0.25, 0.3) is 0 Å². The number of amides is 1. The monoisotopic (exact) mass is 300 g/mol. The van der Waals surface area contributed by atoms with Gasteiger partial charge in [-0.25, -0.2) is 0 Å². The van der Waals surface area contributed by atoms with Crippen LogP contribution in [0.5, 0.6) is 0 Å². The van der Waals surface area contributed by atoms with Crippen LogP contribution in [-0.2, 0) is 11.2 Å². The third-order valence-corrected chi connectivity index (χ3v) is 4.66. The number of rotatable bonds is 5. The van der Waals surface area contributed by atoms with Crippen LogP contribution in [-0.4, -0.2) is 54.2 Å². The topological polar surface area (TPSA) is 40.6 Å². The quantitative estimate of drug-likeness (QED) is 0.782. The van der Waals surface area contributed by atoms with Gasteiger partial charge in [0, 0.05) is 18.7 Å². The summed E-state index contributed by atoms with van der Waals surface area (Å²) in [5.41, 5.74) is 1.75. The summed E-state index contributed by atoms with van der Waals surface area (Å²) in [6.45, 7) is 4.38. The first kappa shape index (κ1) is 15.2. The number of carbonyl (C=O) groups is 2. The van der Waals surface area contributed by atoms with Crippen molar-refractivity contribution in [1.29, 1.82) is 0 Å². The molecule has 1 amide bonds. The molecule has 1 aromatic carbocycles. The summed E-state index contributed by atoms with van der Waals surface area (Å²) in [6, 6.07) is 7.58. The number of benzene rings is 1. The van der Waals surface area contributed by atoms with Crippen LogP contribution in [0.3, 0.4) is 0 Å². The van der Waals surface area contributed by atoms with Gasteiger partial charge < -0.3 is 4.90 Å². The van der Waals surface area contributed by atoms with Gasteiger partial charge in [-0.1, -0.05) is 24.3 Å². The number of Topliss-reactive ketones (excluding diaryl/α,β-unsaturated/α-hetero) is 1. The lowest BCUT2D eigenvalue weighted by Crippen LogP contribution is -2.29. The van der Waals surface area contributed by atoms with Crippen LogP contribution in [0.15, 0.2) is 24.3 Å². The molecule has 4 nitrogen and oxygen atoms in total. The summed E-state index contributed by atoms with van der Waals surface area (Å²) in [7, 11) is 0. The van der Waals surface area contributed by atoms with Crippen LogP contribution in [0.4, 0.5) is 0 Å². The van der Waals surface area contributed by atoms with Crippen molar-refractivity contribution >= 4 is 11.7 Å². The molecule has 118 valence electrons. The highest BCUT2D eigenvalue weighted by Gasteiger charge is 2.19. The standard InChI is InChI=1S/C18H24N2O2/c21-17(14-19-9-1-2-10-19)16-7-5-15(6-8-16)13-18(22)20-11-3-4-12-20/h5-8H,1-4,9-14H2. The average molecular weight is 300 g/mol. The van der Waals surface area contributed by atoms with E-state index in [9.17, 15) is 9.59 Å². The first-order valence-electron chi connectivity index (χ1n) is 8.35. The van der Waals surface area contributed by atoms with Gasteiger partial charge in [0.05, 0.1) is 13.0 Å². The van der Waals surface area contributed by atoms with Crippen molar-refractivity contribution in [3.8, 4) is 0 Å². The van der Waals surface area contributed by atoms with Gasteiger partial charge in [0.25, 0.3) is 0 Å². The summed E-state index contributed by atoms with van der Waals surface area (Å²) in [6.07, 6.45) is 5.08. The molecule has 0 N–H and O–H groups in total. The van der Waals surface area contributed by atoms with Crippen molar-refractivity contribution < 1.29 is 9.59 Å². The van der Waals surface area contributed by atoms with Crippen molar-refractivity contribution in [1.82, 2.24) is 9.80 Å². The van der Waals surface area contributed by atoms with Crippen molar-refractivity contribution in [2.24, 2.45) is 0 Å². The second kappa shape index (κ2) is 7.05. The Labute approximate surface area is 132 Å².